The normalized spacial score (nSPS) is 10.5. The number of nitro benzene ring substituents is 1. The fraction of sp³-hybridized carbons (Fsp3) is 0.150. The molecule has 0 saturated heterocycles. The van der Waals surface area contributed by atoms with Gasteiger partial charge in [-0.15, -0.1) is 11.8 Å². The van der Waals surface area contributed by atoms with Crippen molar-refractivity contribution >= 4 is 23.4 Å². The van der Waals surface area contributed by atoms with E-state index in [9.17, 15) is 14.9 Å². The number of rotatable bonds is 8. The summed E-state index contributed by atoms with van der Waals surface area (Å²) in [5, 5.41) is 10.7. The minimum atomic E-state index is -0.440. The summed E-state index contributed by atoms with van der Waals surface area (Å²) in [5.41, 5.74) is 1.08. The molecular formula is C20H18N2O4S. The van der Waals surface area contributed by atoms with Crippen molar-refractivity contribution in [1.29, 1.82) is 0 Å². The molecule has 0 bridgehead atoms. The van der Waals surface area contributed by atoms with Gasteiger partial charge in [0.25, 0.3) is 5.69 Å². The molecule has 0 atom stereocenters. The van der Waals surface area contributed by atoms with E-state index in [1.165, 1.54) is 23.9 Å². The zero-order valence-electron chi connectivity index (χ0n) is 14.5. The number of benzene rings is 2. The van der Waals surface area contributed by atoms with Gasteiger partial charge in [0.1, 0.15) is 5.76 Å². The van der Waals surface area contributed by atoms with E-state index in [2.05, 4.69) is 0 Å². The quantitative estimate of drug-likeness (QED) is 0.325. The van der Waals surface area contributed by atoms with Gasteiger partial charge in [0.2, 0.25) is 5.91 Å². The SMILES string of the molecule is O=C(CSc1ccc([N+](=O)[O-])cc1)N(Cc1ccccc1)Cc1ccco1. The molecule has 7 heteroatoms. The first kappa shape index (κ1) is 18.7. The predicted octanol–water partition coefficient (Wildman–Crippen LogP) is 4.51. The van der Waals surface area contributed by atoms with E-state index in [-0.39, 0.29) is 17.3 Å². The maximum absolute atomic E-state index is 12.8. The predicted molar refractivity (Wildman–Crippen MR) is 103 cm³/mol. The average Bonchev–Trinajstić information content (AvgIpc) is 3.20. The maximum atomic E-state index is 12.8. The second-order valence-electron chi connectivity index (χ2n) is 5.85. The minimum absolute atomic E-state index is 0.0291. The minimum Gasteiger partial charge on any atom is -0.467 e. The van der Waals surface area contributed by atoms with Crippen LogP contribution in [0.1, 0.15) is 11.3 Å². The lowest BCUT2D eigenvalue weighted by atomic mass is 10.2. The lowest BCUT2D eigenvalue weighted by molar-refractivity contribution is -0.384. The summed E-state index contributed by atoms with van der Waals surface area (Å²) in [4.78, 5) is 25.6. The van der Waals surface area contributed by atoms with Gasteiger partial charge in [0.05, 0.1) is 23.5 Å². The van der Waals surface area contributed by atoms with Gasteiger partial charge in [-0.1, -0.05) is 30.3 Å². The van der Waals surface area contributed by atoms with Crippen LogP contribution in [0.3, 0.4) is 0 Å². The van der Waals surface area contributed by atoms with Crippen LogP contribution in [0.4, 0.5) is 5.69 Å². The van der Waals surface area contributed by atoms with Gasteiger partial charge in [0.15, 0.2) is 0 Å². The molecule has 0 N–H and O–H groups in total. The van der Waals surface area contributed by atoms with Crippen molar-refractivity contribution in [2.24, 2.45) is 0 Å². The first-order chi connectivity index (χ1) is 13.1. The smallest absolute Gasteiger partial charge is 0.269 e. The summed E-state index contributed by atoms with van der Waals surface area (Å²) in [6.07, 6.45) is 1.59. The number of thioether (sulfide) groups is 1. The van der Waals surface area contributed by atoms with E-state index in [1.807, 2.05) is 36.4 Å². The van der Waals surface area contributed by atoms with Crippen LogP contribution in [-0.4, -0.2) is 21.5 Å². The standard InChI is InChI=1S/C20H18N2O4S/c23-20(15-27-19-10-8-17(9-11-19)22(24)25)21(14-18-7-4-12-26-18)13-16-5-2-1-3-6-16/h1-12H,13-15H2. The van der Waals surface area contributed by atoms with E-state index >= 15 is 0 Å². The molecule has 0 aliphatic heterocycles. The molecule has 3 aromatic rings. The van der Waals surface area contributed by atoms with Crippen LogP contribution in [0, 0.1) is 10.1 Å². The summed E-state index contributed by atoms with van der Waals surface area (Å²) < 4.78 is 5.39. The second kappa shape index (κ2) is 9.05. The van der Waals surface area contributed by atoms with E-state index in [1.54, 1.807) is 29.4 Å². The third-order valence-electron chi connectivity index (χ3n) is 3.91. The highest BCUT2D eigenvalue weighted by molar-refractivity contribution is 8.00. The molecule has 138 valence electrons. The number of hydrogen-bond acceptors (Lipinski definition) is 5. The summed E-state index contributed by atoms with van der Waals surface area (Å²) in [6.45, 7) is 0.878. The lowest BCUT2D eigenvalue weighted by Gasteiger charge is -2.22. The Hall–Kier alpha value is -3.06. The highest BCUT2D eigenvalue weighted by atomic mass is 32.2. The van der Waals surface area contributed by atoms with Crippen LogP contribution in [0.5, 0.6) is 0 Å². The molecule has 0 spiro atoms. The molecule has 0 aliphatic carbocycles. The van der Waals surface area contributed by atoms with Crippen LogP contribution in [-0.2, 0) is 17.9 Å². The lowest BCUT2D eigenvalue weighted by Crippen LogP contribution is -2.31. The van der Waals surface area contributed by atoms with Crippen molar-refractivity contribution in [2.75, 3.05) is 5.75 Å². The molecule has 0 radical (unpaired) electrons. The van der Waals surface area contributed by atoms with Crippen molar-refractivity contribution in [1.82, 2.24) is 4.90 Å². The molecule has 1 heterocycles. The van der Waals surface area contributed by atoms with Crippen LogP contribution in [0.2, 0.25) is 0 Å². The first-order valence-electron chi connectivity index (χ1n) is 8.33. The van der Waals surface area contributed by atoms with Crippen molar-refractivity contribution in [3.8, 4) is 0 Å². The van der Waals surface area contributed by atoms with E-state index < -0.39 is 4.92 Å². The Morgan fingerprint density at radius 3 is 2.37 bits per heavy atom. The Labute approximate surface area is 160 Å². The van der Waals surface area contributed by atoms with E-state index in [0.717, 1.165) is 16.2 Å². The molecule has 6 nitrogen and oxygen atoms in total. The Morgan fingerprint density at radius 1 is 1.00 bits per heavy atom. The molecule has 3 rings (SSSR count). The fourth-order valence-electron chi connectivity index (χ4n) is 2.53. The topological polar surface area (TPSA) is 76.6 Å². The maximum Gasteiger partial charge on any atom is 0.269 e. The van der Waals surface area contributed by atoms with Gasteiger partial charge in [-0.2, -0.15) is 0 Å². The van der Waals surface area contributed by atoms with Crippen LogP contribution in [0.25, 0.3) is 0 Å². The molecule has 27 heavy (non-hydrogen) atoms. The molecule has 2 aromatic carbocycles. The Kier molecular flexibility index (Phi) is 6.27. The highest BCUT2D eigenvalue weighted by Crippen LogP contribution is 2.22. The Morgan fingerprint density at radius 2 is 1.74 bits per heavy atom. The molecular weight excluding hydrogens is 364 g/mol. The van der Waals surface area contributed by atoms with Gasteiger partial charge >= 0.3 is 0 Å². The van der Waals surface area contributed by atoms with E-state index in [0.29, 0.717) is 13.1 Å². The molecule has 1 amide bonds. The van der Waals surface area contributed by atoms with Crippen molar-refractivity contribution in [3.63, 3.8) is 0 Å². The third kappa shape index (κ3) is 5.46. The zero-order chi connectivity index (χ0) is 19.1. The first-order valence-corrected chi connectivity index (χ1v) is 9.32. The number of nitro groups is 1. The third-order valence-corrected chi connectivity index (χ3v) is 4.90. The van der Waals surface area contributed by atoms with Crippen LogP contribution >= 0.6 is 11.8 Å². The summed E-state index contributed by atoms with van der Waals surface area (Å²) in [6, 6.07) is 19.6. The van der Waals surface area contributed by atoms with Crippen LogP contribution in [0.15, 0.2) is 82.3 Å². The number of amides is 1. The van der Waals surface area contributed by atoms with Crippen molar-refractivity contribution in [2.45, 2.75) is 18.0 Å². The van der Waals surface area contributed by atoms with Crippen LogP contribution < -0.4 is 0 Å². The molecule has 0 aliphatic rings. The fourth-order valence-corrected chi connectivity index (χ4v) is 3.33. The second-order valence-corrected chi connectivity index (χ2v) is 6.90. The van der Waals surface area contributed by atoms with Gasteiger partial charge in [-0.05, 0) is 29.8 Å². The Balaban J connectivity index is 1.65. The van der Waals surface area contributed by atoms with Crippen molar-refractivity contribution in [3.05, 3.63) is 94.4 Å². The van der Waals surface area contributed by atoms with E-state index in [4.69, 9.17) is 4.42 Å². The number of carbonyl (C=O) groups excluding carboxylic acids is 1. The monoisotopic (exact) mass is 382 g/mol. The molecule has 1 aromatic heterocycles. The highest BCUT2D eigenvalue weighted by Gasteiger charge is 2.16. The number of nitrogens with zero attached hydrogens (tertiary/aromatic N) is 2. The summed E-state index contributed by atoms with van der Waals surface area (Å²) >= 11 is 1.36. The van der Waals surface area contributed by atoms with Crippen molar-refractivity contribution < 1.29 is 14.1 Å². The summed E-state index contributed by atoms with van der Waals surface area (Å²) in [7, 11) is 0. The average molecular weight is 382 g/mol. The summed E-state index contributed by atoms with van der Waals surface area (Å²) in [5.74, 6) is 0.934. The van der Waals surface area contributed by atoms with Gasteiger partial charge in [0, 0.05) is 23.6 Å². The largest absolute Gasteiger partial charge is 0.467 e. The number of non-ortho nitro benzene ring substituents is 1. The van der Waals surface area contributed by atoms with Gasteiger partial charge < -0.3 is 9.32 Å². The Bertz CT molecular complexity index is 880. The molecule has 0 saturated carbocycles. The number of hydrogen-bond donors (Lipinski definition) is 0. The molecule has 0 unspecified atom stereocenters. The zero-order valence-corrected chi connectivity index (χ0v) is 15.3. The van der Waals surface area contributed by atoms with Gasteiger partial charge in [-0.25, -0.2) is 0 Å². The molecule has 0 fully saturated rings. The van der Waals surface area contributed by atoms with Gasteiger partial charge in [-0.3, -0.25) is 14.9 Å². The number of carbonyl (C=O) groups is 1. The number of furan rings is 1.